The Balaban J connectivity index is 1.97. The summed E-state index contributed by atoms with van der Waals surface area (Å²) in [5.74, 6) is -0.311. The molecule has 0 aliphatic heterocycles. The van der Waals surface area contributed by atoms with Crippen LogP contribution in [-0.4, -0.2) is 54.8 Å². The lowest BCUT2D eigenvalue weighted by molar-refractivity contribution is 0.0952. The van der Waals surface area contributed by atoms with Gasteiger partial charge in [0, 0.05) is 20.1 Å². The molecule has 1 N–H and O–H groups in total. The minimum atomic E-state index is -3.21. The Bertz CT molecular complexity index is 866. The largest absolute Gasteiger partial charge is 0.352 e. The van der Waals surface area contributed by atoms with Gasteiger partial charge in [0.15, 0.2) is 0 Å². The molecular weight excluding hydrogens is 376 g/mol. The zero-order valence-electron chi connectivity index (χ0n) is 15.1. The van der Waals surface area contributed by atoms with Gasteiger partial charge in [0.1, 0.15) is 5.15 Å². The molecule has 7 nitrogen and oxygen atoms in total. The maximum Gasteiger partial charge on any atom is 0.256 e. The molecule has 0 saturated heterocycles. The standard InChI is InChI=1S/C17H23ClN4O3S/c1-13-15(17(23)19-10-7-11-21(2)26(3,24)25)16(18)22(20-13)12-14-8-5-4-6-9-14/h4-6,8-9H,7,10-12H2,1-3H3,(H,19,23). The van der Waals surface area contributed by atoms with E-state index in [1.165, 1.54) is 11.4 Å². The Kier molecular flexibility index (Phi) is 6.80. The number of aryl methyl sites for hydroxylation is 1. The van der Waals surface area contributed by atoms with Gasteiger partial charge in [0.25, 0.3) is 5.91 Å². The van der Waals surface area contributed by atoms with Crippen LogP contribution in [0.4, 0.5) is 0 Å². The maximum absolute atomic E-state index is 12.4. The van der Waals surface area contributed by atoms with Crippen molar-refractivity contribution in [1.82, 2.24) is 19.4 Å². The summed E-state index contributed by atoms with van der Waals surface area (Å²) < 4.78 is 25.5. The summed E-state index contributed by atoms with van der Waals surface area (Å²) in [7, 11) is -1.70. The van der Waals surface area contributed by atoms with Gasteiger partial charge in [-0.25, -0.2) is 17.4 Å². The average molecular weight is 399 g/mol. The molecule has 26 heavy (non-hydrogen) atoms. The molecule has 2 aromatic rings. The van der Waals surface area contributed by atoms with E-state index in [1.807, 2.05) is 30.3 Å². The first-order valence-electron chi connectivity index (χ1n) is 8.16. The first-order chi connectivity index (χ1) is 12.2. The van der Waals surface area contributed by atoms with Crippen LogP contribution >= 0.6 is 11.6 Å². The van der Waals surface area contributed by atoms with Crippen LogP contribution in [0.5, 0.6) is 0 Å². The molecule has 0 unspecified atom stereocenters. The molecule has 0 atom stereocenters. The molecule has 0 bridgehead atoms. The molecule has 0 fully saturated rings. The predicted octanol–water partition coefficient (Wildman–Crippen LogP) is 1.90. The summed E-state index contributed by atoms with van der Waals surface area (Å²) in [5, 5.41) is 7.41. The molecule has 0 aliphatic rings. The van der Waals surface area contributed by atoms with Gasteiger partial charge < -0.3 is 5.32 Å². The Morgan fingerprint density at radius 2 is 1.96 bits per heavy atom. The number of aromatic nitrogens is 2. The fraction of sp³-hybridized carbons (Fsp3) is 0.412. The van der Waals surface area contributed by atoms with Crippen molar-refractivity contribution >= 4 is 27.5 Å². The number of hydrogen-bond acceptors (Lipinski definition) is 4. The van der Waals surface area contributed by atoms with E-state index in [-0.39, 0.29) is 11.1 Å². The summed E-state index contributed by atoms with van der Waals surface area (Å²) >= 11 is 6.35. The fourth-order valence-corrected chi connectivity index (χ4v) is 3.21. The van der Waals surface area contributed by atoms with Crippen LogP contribution in [-0.2, 0) is 16.6 Å². The molecule has 0 spiro atoms. The summed E-state index contributed by atoms with van der Waals surface area (Å²) in [6, 6.07) is 9.72. The summed E-state index contributed by atoms with van der Waals surface area (Å²) in [6.07, 6.45) is 1.65. The number of nitrogens with zero attached hydrogens (tertiary/aromatic N) is 3. The highest BCUT2D eigenvalue weighted by molar-refractivity contribution is 7.88. The van der Waals surface area contributed by atoms with Gasteiger partial charge in [0.05, 0.1) is 24.1 Å². The minimum Gasteiger partial charge on any atom is -0.352 e. The van der Waals surface area contributed by atoms with Crippen molar-refractivity contribution < 1.29 is 13.2 Å². The van der Waals surface area contributed by atoms with Crippen molar-refractivity contribution in [3.63, 3.8) is 0 Å². The van der Waals surface area contributed by atoms with Gasteiger partial charge >= 0.3 is 0 Å². The number of carbonyl (C=O) groups excluding carboxylic acids is 1. The van der Waals surface area contributed by atoms with Gasteiger partial charge in [-0.3, -0.25) is 4.79 Å². The average Bonchev–Trinajstić information content (AvgIpc) is 2.85. The molecule has 1 heterocycles. The SMILES string of the molecule is Cc1nn(Cc2ccccc2)c(Cl)c1C(=O)NCCCN(C)S(C)(=O)=O. The van der Waals surface area contributed by atoms with E-state index in [2.05, 4.69) is 10.4 Å². The third-order valence-electron chi connectivity index (χ3n) is 3.97. The topological polar surface area (TPSA) is 84.3 Å². The second-order valence-corrected chi connectivity index (χ2v) is 8.54. The molecule has 1 amide bonds. The number of hydrogen-bond donors (Lipinski definition) is 1. The van der Waals surface area contributed by atoms with Crippen LogP contribution in [0.1, 0.15) is 28.0 Å². The predicted molar refractivity (Wildman–Crippen MR) is 102 cm³/mol. The summed E-state index contributed by atoms with van der Waals surface area (Å²) in [4.78, 5) is 12.4. The molecule has 0 aliphatic carbocycles. The molecular formula is C17H23ClN4O3S. The molecule has 142 valence electrons. The number of nitrogens with one attached hydrogen (secondary N) is 1. The minimum absolute atomic E-state index is 0.289. The molecule has 1 aromatic carbocycles. The zero-order valence-corrected chi connectivity index (χ0v) is 16.6. The van der Waals surface area contributed by atoms with E-state index in [4.69, 9.17) is 11.6 Å². The molecule has 0 saturated carbocycles. The van der Waals surface area contributed by atoms with E-state index in [0.717, 1.165) is 11.8 Å². The van der Waals surface area contributed by atoms with Crippen molar-refractivity contribution in [2.75, 3.05) is 26.4 Å². The van der Waals surface area contributed by atoms with Gasteiger partial charge in [0.2, 0.25) is 10.0 Å². The van der Waals surface area contributed by atoms with Gasteiger partial charge in [-0.05, 0) is 18.9 Å². The number of carbonyl (C=O) groups is 1. The van der Waals surface area contributed by atoms with Crippen molar-refractivity contribution in [1.29, 1.82) is 0 Å². The molecule has 0 radical (unpaired) electrons. The highest BCUT2D eigenvalue weighted by atomic mass is 35.5. The Morgan fingerprint density at radius 1 is 1.31 bits per heavy atom. The van der Waals surface area contributed by atoms with Crippen LogP contribution in [0.15, 0.2) is 30.3 Å². The fourth-order valence-electron chi connectivity index (χ4n) is 2.43. The van der Waals surface area contributed by atoms with E-state index in [9.17, 15) is 13.2 Å². The second kappa shape index (κ2) is 8.66. The highest BCUT2D eigenvalue weighted by Crippen LogP contribution is 2.20. The van der Waals surface area contributed by atoms with E-state index in [0.29, 0.717) is 37.3 Å². The lowest BCUT2D eigenvalue weighted by Crippen LogP contribution is -2.31. The highest BCUT2D eigenvalue weighted by Gasteiger charge is 2.20. The quantitative estimate of drug-likeness (QED) is 0.688. The van der Waals surface area contributed by atoms with Gasteiger partial charge in [-0.1, -0.05) is 41.9 Å². The molecule has 2 rings (SSSR count). The number of halogens is 1. The van der Waals surface area contributed by atoms with Crippen LogP contribution < -0.4 is 5.32 Å². The normalized spacial score (nSPS) is 11.7. The number of sulfonamides is 1. The third-order valence-corrected chi connectivity index (χ3v) is 5.67. The smallest absolute Gasteiger partial charge is 0.256 e. The van der Waals surface area contributed by atoms with Gasteiger partial charge in [-0.2, -0.15) is 5.10 Å². The van der Waals surface area contributed by atoms with E-state index >= 15 is 0 Å². The number of amides is 1. The van der Waals surface area contributed by atoms with Crippen molar-refractivity contribution in [2.24, 2.45) is 0 Å². The Labute approximate surface area is 159 Å². The zero-order chi connectivity index (χ0) is 19.3. The van der Waals surface area contributed by atoms with E-state index in [1.54, 1.807) is 11.6 Å². The van der Waals surface area contributed by atoms with E-state index < -0.39 is 10.0 Å². The second-order valence-electron chi connectivity index (χ2n) is 6.09. The number of benzene rings is 1. The Morgan fingerprint density at radius 3 is 2.58 bits per heavy atom. The van der Waals surface area contributed by atoms with Crippen LogP contribution in [0.2, 0.25) is 5.15 Å². The lowest BCUT2D eigenvalue weighted by atomic mass is 10.2. The first kappa shape index (κ1) is 20.4. The van der Waals surface area contributed by atoms with Crippen LogP contribution in [0.3, 0.4) is 0 Å². The monoisotopic (exact) mass is 398 g/mol. The van der Waals surface area contributed by atoms with Crippen molar-refractivity contribution in [3.05, 3.63) is 52.3 Å². The van der Waals surface area contributed by atoms with Gasteiger partial charge in [-0.15, -0.1) is 0 Å². The first-order valence-corrected chi connectivity index (χ1v) is 10.4. The van der Waals surface area contributed by atoms with Crippen LogP contribution in [0.25, 0.3) is 0 Å². The summed E-state index contributed by atoms with van der Waals surface area (Å²) in [6.45, 7) is 2.89. The maximum atomic E-state index is 12.4. The third kappa shape index (κ3) is 5.30. The molecule has 1 aromatic heterocycles. The lowest BCUT2D eigenvalue weighted by Gasteiger charge is -2.13. The summed E-state index contributed by atoms with van der Waals surface area (Å²) in [5.41, 5.74) is 1.93. The Hall–Kier alpha value is -1.90. The molecule has 9 heteroatoms. The van der Waals surface area contributed by atoms with Crippen LogP contribution in [0, 0.1) is 6.92 Å². The van der Waals surface area contributed by atoms with Crippen molar-refractivity contribution in [2.45, 2.75) is 19.9 Å². The number of rotatable bonds is 8. The van der Waals surface area contributed by atoms with Crippen molar-refractivity contribution in [3.8, 4) is 0 Å².